The Morgan fingerprint density at radius 1 is 1.06 bits per heavy atom. The number of nitrogens with one attached hydrogen (secondary N) is 1. The van der Waals surface area contributed by atoms with Crippen LogP contribution in [-0.2, 0) is 6.54 Å². The number of nitrogen functional groups attached to an aromatic ring is 1. The number of hydrogen-bond donors (Lipinski definition) is 2. The molecule has 0 radical (unpaired) electrons. The van der Waals surface area contributed by atoms with Crippen molar-refractivity contribution in [1.82, 2.24) is 0 Å². The molecule has 0 aromatic heterocycles. The number of aryl methyl sites for hydroxylation is 2. The minimum atomic E-state index is 0.801. The van der Waals surface area contributed by atoms with E-state index >= 15 is 0 Å². The zero-order valence-electron chi connectivity index (χ0n) is 10.3. The molecule has 17 heavy (non-hydrogen) atoms. The molecule has 0 fully saturated rings. The highest BCUT2D eigenvalue weighted by Crippen LogP contribution is 2.17. The number of rotatable bonds is 3. The summed E-state index contributed by atoms with van der Waals surface area (Å²) in [5, 5.41) is 3.43. The topological polar surface area (TPSA) is 38.0 Å². The van der Waals surface area contributed by atoms with Gasteiger partial charge in [-0.15, -0.1) is 0 Å². The lowest BCUT2D eigenvalue weighted by Crippen LogP contribution is -2.01. The quantitative estimate of drug-likeness (QED) is 0.786. The van der Waals surface area contributed by atoms with E-state index in [2.05, 4.69) is 43.4 Å². The van der Waals surface area contributed by atoms with Gasteiger partial charge in [0.1, 0.15) is 0 Å². The van der Waals surface area contributed by atoms with E-state index in [0.29, 0.717) is 0 Å². The Bertz CT molecular complexity index is 518. The number of nitrogens with two attached hydrogens (primary N) is 1. The second-order valence-corrected chi connectivity index (χ2v) is 4.42. The molecule has 2 rings (SSSR count). The van der Waals surface area contributed by atoms with Crippen molar-refractivity contribution in [2.24, 2.45) is 0 Å². The maximum atomic E-state index is 5.75. The number of anilines is 2. The van der Waals surface area contributed by atoms with Gasteiger partial charge < -0.3 is 11.1 Å². The predicted octanol–water partition coefficient (Wildman–Crippen LogP) is 3.50. The van der Waals surface area contributed by atoms with E-state index in [-0.39, 0.29) is 0 Å². The molecule has 88 valence electrons. The van der Waals surface area contributed by atoms with Gasteiger partial charge in [0.25, 0.3) is 0 Å². The average Bonchev–Trinajstić information content (AvgIpc) is 2.28. The molecule has 0 aliphatic rings. The van der Waals surface area contributed by atoms with Crippen molar-refractivity contribution < 1.29 is 0 Å². The Kier molecular flexibility index (Phi) is 3.33. The summed E-state index contributed by atoms with van der Waals surface area (Å²) in [7, 11) is 0. The van der Waals surface area contributed by atoms with E-state index in [9.17, 15) is 0 Å². The molecule has 2 nitrogen and oxygen atoms in total. The van der Waals surface area contributed by atoms with E-state index in [4.69, 9.17) is 5.73 Å². The van der Waals surface area contributed by atoms with Gasteiger partial charge >= 0.3 is 0 Å². The molecule has 2 aromatic carbocycles. The first-order valence-corrected chi connectivity index (χ1v) is 5.81. The van der Waals surface area contributed by atoms with Crippen LogP contribution in [0.2, 0.25) is 0 Å². The van der Waals surface area contributed by atoms with Gasteiger partial charge in [-0.3, -0.25) is 0 Å². The largest absolute Gasteiger partial charge is 0.399 e. The molecule has 2 aromatic rings. The molecule has 2 heteroatoms. The number of hydrogen-bond acceptors (Lipinski definition) is 2. The first kappa shape index (κ1) is 11.5. The van der Waals surface area contributed by atoms with Crippen LogP contribution in [0.1, 0.15) is 16.7 Å². The standard InChI is InChI=1S/C15H18N2/c1-11-6-7-15(12(2)8-11)17-10-13-4-3-5-14(16)9-13/h3-9,17H,10,16H2,1-2H3. The second kappa shape index (κ2) is 4.91. The van der Waals surface area contributed by atoms with Crippen LogP contribution in [0.25, 0.3) is 0 Å². The maximum absolute atomic E-state index is 5.75. The van der Waals surface area contributed by atoms with Gasteiger partial charge in [0.2, 0.25) is 0 Å². The van der Waals surface area contributed by atoms with E-state index in [1.807, 2.05) is 18.2 Å². The Labute approximate surface area is 102 Å². The highest BCUT2D eigenvalue weighted by molar-refractivity contribution is 5.52. The summed E-state index contributed by atoms with van der Waals surface area (Å²) in [4.78, 5) is 0. The van der Waals surface area contributed by atoms with Gasteiger partial charge in [-0.1, -0.05) is 29.8 Å². The minimum Gasteiger partial charge on any atom is -0.399 e. The molecule has 0 spiro atoms. The van der Waals surface area contributed by atoms with Crippen LogP contribution in [0.5, 0.6) is 0 Å². The first-order valence-electron chi connectivity index (χ1n) is 5.81. The predicted molar refractivity (Wildman–Crippen MR) is 74.1 cm³/mol. The van der Waals surface area contributed by atoms with E-state index in [1.165, 1.54) is 22.4 Å². The summed E-state index contributed by atoms with van der Waals surface area (Å²) in [6.07, 6.45) is 0. The van der Waals surface area contributed by atoms with Gasteiger partial charge in [0.05, 0.1) is 0 Å². The summed E-state index contributed by atoms with van der Waals surface area (Å²) in [6.45, 7) is 5.03. The average molecular weight is 226 g/mol. The van der Waals surface area contributed by atoms with Crippen molar-refractivity contribution in [2.45, 2.75) is 20.4 Å². The summed E-state index contributed by atoms with van der Waals surface area (Å²) in [5.41, 5.74) is 11.5. The van der Waals surface area contributed by atoms with Crippen LogP contribution in [0.3, 0.4) is 0 Å². The Balaban J connectivity index is 2.07. The monoisotopic (exact) mass is 226 g/mol. The Hall–Kier alpha value is -1.96. The zero-order chi connectivity index (χ0) is 12.3. The molecule has 0 saturated carbocycles. The van der Waals surface area contributed by atoms with Crippen molar-refractivity contribution in [3.05, 3.63) is 59.2 Å². The Morgan fingerprint density at radius 2 is 1.88 bits per heavy atom. The van der Waals surface area contributed by atoms with Gasteiger partial charge in [0.15, 0.2) is 0 Å². The highest BCUT2D eigenvalue weighted by Gasteiger charge is 1.98. The molecule has 0 bridgehead atoms. The van der Waals surface area contributed by atoms with Crippen LogP contribution in [-0.4, -0.2) is 0 Å². The SMILES string of the molecule is Cc1ccc(NCc2cccc(N)c2)c(C)c1. The Morgan fingerprint density at radius 3 is 2.59 bits per heavy atom. The smallest absolute Gasteiger partial charge is 0.0401 e. The van der Waals surface area contributed by atoms with Crippen molar-refractivity contribution in [1.29, 1.82) is 0 Å². The van der Waals surface area contributed by atoms with Crippen molar-refractivity contribution in [2.75, 3.05) is 11.1 Å². The summed E-state index contributed by atoms with van der Waals surface area (Å²) < 4.78 is 0. The lowest BCUT2D eigenvalue weighted by Gasteiger charge is -2.10. The zero-order valence-corrected chi connectivity index (χ0v) is 10.3. The van der Waals surface area contributed by atoms with E-state index < -0.39 is 0 Å². The molecule has 0 aliphatic carbocycles. The van der Waals surface area contributed by atoms with E-state index in [1.54, 1.807) is 0 Å². The van der Waals surface area contributed by atoms with Crippen LogP contribution in [0.4, 0.5) is 11.4 Å². The fourth-order valence-corrected chi connectivity index (χ4v) is 1.91. The third-order valence-electron chi connectivity index (χ3n) is 2.82. The van der Waals surface area contributed by atoms with Crippen LogP contribution in [0.15, 0.2) is 42.5 Å². The summed E-state index contributed by atoms with van der Waals surface area (Å²) in [5.74, 6) is 0. The maximum Gasteiger partial charge on any atom is 0.0401 e. The van der Waals surface area contributed by atoms with Crippen LogP contribution >= 0.6 is 0 Å². The van der Waals surface area contributed by atoms with Crippen LogP contribution < -0.4 is 11.1 Å². The summed E-state index contributed by atoms with van der Waals surface area (Å²) >= 11 is 0. The van der Waals surface area contributed by atoms with Crippen molar-refractivity contribution in [3.8, 4) is 0 Å². The molecular weight excluding hydrogens is 208 g/mol. The lowest BCUT2D eigenvalue weighted by molar-refractivity contribution is 1.14. The fraction of sp³-hybridized carbons (Fsp3) is 0.200. The van der Waals surface area contributed by atoms with Crippen molar-refractivity contribution >= 4 is 11.4 Å². The molecular formula is C15H18N2. The van der Waals surface area contributed by atoms with E-state index in [0.717, 1.165) is 12.2 Å². The third-order valence-corrected chi connectivity index (χ3v) is 2.82. The lowest BCUT2D eigenvalue weighted by atomic mass is 10.1. The van der Waals surface area contributed by atoms with Gasteiger partial charge in [-0.2, -0.15) is 0 Å². The van der Waals surface area contributed by atoms with Crippen LogP contribution in [0, 0.1) is 13.8 Å². The third kappa shape index (κ3) is 3.00. The summed E-state index contributed by atoms with van der Waals surface area (Å²) in [6, 6.07) is 14.4. The second-order valence-electron chi connectivity index (χ2n) is 4.42. The molecule has 0 aliphatic heterocycles. The molecule has 0 heterocycles. The number of benzene rings is 2. The molecule has 0 amide bonds. The normalized spacial score (nSPS) is 10.2. The minimum absolute atomic E-state index is 0.801. The molecule has 3 N–H and O–H groups in total. The fourth-order valence-electron chi connectivity index (χ4n) is 1.91. The molecule has 0 saturated heterocycles. The first-order chi connectivity index (χ1) is 8.15. The van der Waals surface area contributed by atoms with Gasteiger partial charge in [-0.25, -0.2) is 0 Å². The van der Waals surface area contributed by atoms with Crippen molar-refractivity contribution in [3.63, 3.8) is 0 Å². The van der Waals surface area contributed by atoms with Gasteiger partial charge in [0, 0.05) is 17.9 Å². The highest BCUT2D eigenvalue weighted by atomic mass is 14.9. The van der Waals surface area contributed by atoms with Gasteiger partial charge in [-0.05, 0) is 43.2 Å². The molecule has 0 atom stereocenters. The molecule has 0 unspecified atom stereocenters.